The average molecular weight is 629 g/mol. The fourth-order valence-corrected chi connectivity index (χ4v) is 11.9. The number of unbranched alkanes of at least 4 members (excludes halogenated alkanes) is 2. The van der Waals surface area contributed by atoms with Crippen LogP contribution in [0.1, 0.15) is 104 Å². The summed E-state index contributed by atoms with van der Waals surface area (Å²) in [5, 5.41) is 2.72. The van der Waals surface area contributed by atoms with Gasteiger partial charge >= 0.3 is 5.97 Å². The summed E-state index contributed by atoms with van der Waals surface area (Å²) in [6.45, 7) is 10.3. The van der Waals surface area contributed by atoms with E-state index in [2.05, 4.69) is 81.4 Å². The Bertz CT molecular complexity index is 1210. The number of esters is 1. The minimum Gasteiger partial charge on any atom is -0.438 e. The van der Waals surface area contributed by atoms with Crippen molar-refractivity contribution in [3.05, 3.63) is 96.6 Å². The Morgan fingerprint density at radius 3 is 1.93 bits per heavy atom. The molecule has 4 nitrogen and oxygen atoms in total. The van der Waals surface area contributed by atoms with Gasteiger partial charge in [-0.25, -0.2) is 0 Å². The number of carbonyl (C=O) groups excluding carboxylic acids is 1. The van der Waals surface area contributed by atoms with E-state index in [4.69, 9.17) is 13.9 Å². The fourth-order valence-electron chi connectivity index (χ4n) is 7.33. The van der Waals surface area contributed by atoms with E-state index in [0.29, 0.717) is 12.0 Å². The van der Waals surface area contributed by atoms with Gasteiger partial charge in [0.1, 0.15) is 0 Å². The van der Waals surface area contributed by atoms with Crippen LogP contribution in [0.4, 0.5) is 0 Å². The molecule has 1 saturated carbocycles. The predicted octanol–water partition coefficient (Wildman–Crippen LogP) is 9.21. The molecule has 0 heterocycles. The minimum atomic E-state index is -2.52. The van der Waals surface area contributed by atoms with E-state index in [1.54, 1.807) is 0 Å². The molecule has 1 unspecified atom stereocenters. The van der Waals surface area contributed by atoms with E-state index < -0.39 is 8.32 Å². The van der Waals surface area contributed by atoms with Crippen LogP contribution in [0, 0.1) is 11.3 Å². The first-order chi connectivity index (χ1) is 21.8. The van der Waals surface area contributed by atoms with Crippen LogP contribution < -0.4 is 10.4 Å². The van der Waals surface area contributed by atoms with Crippen LogP contribution >= 0.6 is 0 Å². The Labute approximate surface area is 274 Å². The molecule has 5 heteroatoms. The van der Waals surface area contributed by atoms with E-state index >= 15 is 0 Å². The summed E-state index contributed by atoms with van der Waals surface area (Å²) in [6, 6.07) is 32.0. The second-order valence-electron chi connectivity index (χ2n) is 14.2. The lowest BCUT2D eigenvalue weighted by Crippen LogP contribution is -2.66. The zero-order chi connectivity index (χ0) is 32.0. The Balaban J connectivity index is 1.27. The third-order valence-electron chi connectivity index (χ3n) is 9.92. The lowest BCUT2D eigenvalue weighted by molar-refractivity contribution is -0.161. The summed E-state index contributed by atoms with van der Waals surface area (Å²) < 4.78 is 18.2. The van der Waals surface area contributed by atoms with Gasteiger partial charge in [0, 0.05) is 6.61 Å². The van der Waals surface area contributed by atoms with E-state index in [-0.39, 0.29) is 23.7 Å². The molecule has 1 fully saturated rings. The summed E-state index contributed by atoms with van der Waals surface area (Å²) >= 11 is 0. The smallest absolute Gasteiger partial charge is 0.310 e. The molecule has 0 amide bonds. The SMILES string of the molecule is CC(CCCCCC1(CCO[Si](c2ccccc2)(c2ccccc2)C(C)(C)C)CCCCC1)C(=O)OCOCc1ccccc1. The average Bonchev–Trinajstić information content (AvgIpc) is 3.06. The number of benzene rings is 3. The third-order valence-corrected chi connectivity index (χ3v) is 15.0. The van der Waals surface area contributed by atoms with Gasteiger partial charge in [0.15, 0.2) is 6.79 Å². The summed E-state index contributed by atoms with van der Waals surface area (Å²) in [4.78, 5) is 12.5. The van der Waals surface area contributed by atoms with Crippen molar-refractivity contribution in [2.75, 3.05) is 13.4 Å². The van der Waals surface area contributed by atoms with Crippen molar-refractivity contribution in [1.82, 2.24) is 0 Å². The molecule has 1 atom stereocenters. The van der Waals surface area contributed by atoms with E-state index in [0.717, 1.165) is 37.9 Å². The van der Waals surface area contributed by atoms with Gasteiger partial charge in [0.25, 0.3) is 8.32 Å². The van der Waals surface area contributed by atoms with Crippen LogP contribution in [-0.4, -0.2) is 27.7 Å². The molecule has 0 aliphatic heterocycles. The first-order valence-corrected chi connectivity index (χ1v) is 19.2. The van der Waals surface area contributed by atoms with E-state index in [1.807, 2.05) is 37.3 Å². The van der Waals surface area contributed by atoms with Gasteiger partial charge in [-0.3, -0.25) is 4.79 Å². The first-order valence-electron chi connectivity index (χ1n) is 17.3. The van der Waals surface area contributed by atoms with Crippen molar-refractivity contribution in [3.8, 4) is 0 Å². The third kappa shape index (κ3) is 9.88. The maximum absolute atomic E-state index is 12.5. The summed E-state index contributed by atoms with van der Waals surface area (Å²) in [5.74, 6) is -0.263. The summed E-state index contributed by atoms with van der Waals surface area (Å²) in [7, 11) is -2.52. The molecule has 0 N–H and O–H groups in total. The molecule has 1 aliphatic rings. The Morgan fingerprint density at radius 1 is 0.778 bits per heavy atom. The molecular formula is C40H56O4Si. The van der Waals surface area contributed by atoms with Crippen molar-refractivity contribution in [2.24, 2.45) is 11.3 Å². The van der Waals surface area contributed by atoms with Crippen molar-refractivity contribution in [1.29, 1.82) is 0 Å². The van der Waals surface area contributed by atoms with Crippen LogP contribution in [0.15, 0.2) is 91.0 Å². The molecule has 0 bridgehead atoms. The number of rotatable bonds is 17. The molecule has 1 aliphatic carbocycles. The molecule has 45 heavy (non-hydrogen) atoms. The van der Waals surface area contributed by atoms with Crippen LogP contribution in [-0.2, 0) is 25.3 Å². The molecule has 4 rings (SSSR count). The summed E-state index contributed by atoms with van der Waals surface area (Å²) in [6.07, 6.45) is 13.3. The van der Waals surface area contributed by atoms with E-state index in [1.165, 1.54) is 55.3 Å². The lowest BCUT2D eigenvalue weighted by atomic mass is 9.69. The highest BCUT2D eigenvalue weighted by Gasteiger charge is 2.50. The van der Waals surface area contributed by atoms with Crippen LogP contribution in [0.3, 0.4) is 0 Å². The van der Waals surface area contributed by atoms with Gasteiger partial charge in [0.2, 0.25) is 0 Å². The maximum Gasteiger partial charge on any atom is 0.310 e. The highest BCUT2D eigenvalue weighted by Crippen LogP contribution is 2.45. The van der Waals surface area contributed by atoms with Crippen molar-refractivity contribution >= 4 is 24.7 Å². The van der Waals surface area contributed by atoms with E-state index in [9.17, 15) is 4.79 Å². The highest BCUT2D eigenvalue weighted by atomic mass is 28.4. The first kappa shape index (κ1) is 35.1. The standard InChI is InChI=1S/C40H56O4Si/c1-34(38(41)43-33-42-32-35-21-11-5-12-22-35)20-10-8-17-27-40(28-18-9-19-29-40)30-31-44-45(39(2,3)4,36-23-13-6-14-24-36)37-25-15-7-16-26-37/h5-7,11-16,21-26,34H,8-10,17-20,27-33H2,1-4H3. The van der Waals surface area contributed by atoms with Gasteiger partial charge < -0.3 is 13.9 Å². The fraction of sp³-hybridized carbons (Fsp3) is 0.525. The normalized spacial score (nSPS) is 15.8. The van der Waals surface area contributed by atoms with Gasteiger partial charge in [-0.15, -0.1) is 0 Å². The predicted molar refractivity (Wildman–Crippen MR) is 188 cm³/mol. The zero-order valence-corrected chi connectivity index (χ0v) is 29.3. The molecule has 0 spiro atoms. The summed E-state index contributed by atoms with van der Waals surface area (Å²) in [5.41, 5.74) is 1.44. The van der Waals surface area contributed by atoms with Crippen LogP contribution in [0.2, 0.25) is 5.04 Å². The number of hydrogen-bond acceptors (Lipinski definition) is 4. The molecule has 0 radical (unpaired) electrons. The second kappa shape index (κ2) is 17.3. The van der Waals surface area contributed by atoms with Crippen LogP contribution in [0.5, 0.6) is 0 Å². The van der Waals surface area contributed by atoms with Gasteiger partial charge in [-0.2, -0.15) is 0 Å². The Hall–Kier alpha value is -2.73. The monoisotopic (exact) mass is 628 g/mol. The largest absolute Gasteiger partial charge is 0.438 e. The molecule has 3 aromatic rings. The van der Waals surface area contributed by atoms with Gasteiger partial charge in [-0.1, -0.05) is 157 Å². The number of hydrogen-bond donors (Lipinski definition) is 0. The molecule has 244 valence electrons. The van der Waals surface area contributed by atoms with Crippen molar-refractivity contribution in [2.45, 2.75) is 110 Å². The van der Waals surface area contributed by atoms with Crippen molar-refractivity contribution < 1.29 is 18.7 Å². The lowest BCUT2D eigenvalue weighted by Gasteiger charge is -2.44. The van der Waals surface area contributed by atoms with Gasteiger partial charge in [-0.05, 0) is 58.5 Å². The topological polar surface area (TPSA) is 44.8 Å². The van der Waals surface area contributed by atoms with Gasteiger partial charge in [0.05, 0.1) is 12.5 Å². The Morgan fingerprint density at radius 2 is 1.36 bits per heavy atom. The molecular weight excluding hydrogens is 573 g/mol. The highest BCUT2D eigenvalue weighted by molar-refractivity contribution is 6.99. The molecule has 3 aromatic carbocycles. The number of ether oxygens (including phenoxy) is 2. The maximum atomic E-state index is 12.5. The quantitative estimate of drug-likeness (QED) is 0.0647. The van der Waals surface area contributed by atoms with Crippen LogP contribution in [0.25, 0.3) is 0 Å². The second-order valence-corrected chi connectivity index (χ2v) is 18.5. The minimum absolute atomic E-state index is 0.00129. The zero-order valence-electron chi connectivity index (χ0n) is 28.3. The molecule has 0 saturated heterocycles. The molecule has 0 aromatic heterocycles. The van der Waals surface area contributed by atoms with Crippen molar-refractivity contribution in [3.63, 3.8) is 0 Å². The number of carbonyl (C=O) groups is 1. The Kier molecular flexibility index (Phi) is 13.5.